The summed E-state index contributed by atoms with van der Waals surface area (Å²) in [5.41, 5.74) is 2.82. The van der Waals surface area contributed by atoms with Crippen LogP contribution in [0.15, 0.2) is 91.3 Å². The summed E-state index contributed by atoms with van der Waals surface area (Å²) < 4.78 is 8.16. The van der Waals surface area contributed by atoms with Crippen molar-refractivity contribution in [2.45, 2.75) is 20.5 Å². The molecule has 5 rings (SSSR count). The molecule has 0 amide bonds. The molecule has 37 heavy (non-hydrogen) atoms. The smallest absolute Gasteiger partial charge is 0.340 e. The molecule has 0 saturated carbocycles. The third-order valence-corrected chi connectivity index (χ3v) is 5.77. The highest BCUT2D eigenvalue weighted by molar-refractivity contribution is 6.07. The largest absolute Gasteiger partial charge is 0.478 e. The Balaban J connectivity index is 0.000000186. The number of esters is 1. The second-order valence-electron chi connectivity index (χ2n) is 8.26. The minimum absolute atomic E-state index is 0.140. The zero-order chi connectivity index (χ0) is 26.5. The third kappa shape index (κ3) is 5.33. The van der Waals surface area contributed by atoms with Crippen LogP contribution in [0.5, 0.6) is 0 Å². The molecule has 0 fully saturated rings. The highest BCUT2D eigenvalue weighted by Gasteiger charge is 2.18. The number of aromatic nitrogens is 2. The summed E-state index contributed by atoms with van der Waals surface area (Å²) in [5.74, 6) is -1.79. The maximum Gasteiger partial charge on any atom is 0.340 e. The van der Waals surface area contributed by atoms with Crippen LogP contribution in [0.4, 0.5) is 0 Å². The average molecular weight is 497 g/mol. The Kier molecular flexibility index (Phi) is 7.29. The van der Waals surface area contributed by atoms with Crippen molar-refractivity contribution in [1.82, 2.24) is 9.13 Å². The van der Waals surface area contributed by atoms with Crippen molar-refractivity contribution in [3.8, 4) is 0 Å². The first kappa shape index (κ1) is 25.1. The lowest BCUT2D eigenvalue weighted by Gasteiger charge is -2.03. The monoisotopic (exact) mass is 496 g/mol. The second-order valence-corrected chi connectivity index (χ2v) is 8.26. The van der Waals surface area contributed by atoms with Gasteiger partial charge < -0.3 is 9.84 Å². The molecule has 0 unspecified atom stereocenters. The Bertz CT molecular complexity index is 1580. The van der Waals surface area contributed by atoms with Gasteiger partial charge in [0.2, 0.25) is 11.8 Å². The van der Waals surface area contributed by atoms with Gasteiger partial charge in [-0.3, -0.25) is 18.7 Å². The molecule has 0 aliphatic carbocycles. The van der Waals surface area contributed by atoms with Crippen LogP contribution in [0.25, 0.3) is 21.8 Å². The van der Waals surface area contributed by atoms with Crippen LogP contribution >= 0.6 is 0 Å². The molecule has 0 aliphatic heterocycles. The molecule has 186 valence electrons. The van der Waals surface area contributed by atoms with Gasteiger partial charge in [0, 0.05) is 37.0 Å². The lowest BCUT2D eigenvalue weighted by Crippen LogP contribution is -2.06. The zero-order valence-corrected chi connectivity index (χ0v) is 20.3. The molecule has 0 spiro atoms. The van der Waals surface area contributed by atoms with Gasteiger partial charge in [0.1, 0.15) is 6.61 Å². The molecule has 0 bridgehead atoms. The number of ether oxygens (including phenoxy) is 1. The number of rotatable bonds is 4. The molecule has 0 aliphatic rings. The number of hydrogen-bond acceptors (Lipinski definition) is 5. The summed E-state index contributed by atoms with van der Waals surface area (Å²) in [5, 5.41) is 10.3. The molecule has 1 N–H and O–H groups in total. The van der Waals surface area contributed by atoms with Crippen molar-refractivity contribution in [3.05, 3.63) is 108 Å². The van der Waals surface area contributed by atoms with Gasteiger partial charge >= 0.3 is 11.9 Å². The number of hydrogen-bond donors (Lipinski definition) is 1. The second kappa shape index (κ2) is 10.7. The van der Waals surface area contributed by atoms with Gasteiger partial charge in [-0.05, 0) is 17.7 Å². The Morgan fingerprint density at radius 1 is 0.676 bits per heavy atom. The van der Waals surface area contributed by atoms with E-state index in [1.165, 1.54) is 29.2 Å². The fourth-order valence-electron chi connectivity index (χ4n) is 4.01. The van der Waals surface area contributed by atoms with Crippen LogP contribution < -0.4 is 0 Å². The van der Waals surface area contributed by atoms with E-state index < -0.39 is 11.9 Å². The molecule has 8 heteroatoms. The average Bonchev–Trinajstić information content (AvgIpc) is 3.48. The highest BCUT2D eigenvalue weighted by Crippen LogP contribution is 2.23. The van der Waals surface area contributed by atoms with Gasteiger partial charge in [-0.1, -0.05) is 66.7 Å². The fourth-order valence-corrected chi connectivity index (χ4v) is 4.01. The molecule has 0 radical (unpaired) electrons. The van der Waals surface area contributed by atoms with Crippen molar-refractivity contribution < 1.29 is 29.0 Å². The van der Waals surface area contributed by atoms with E-state index in [0.29, 0.717) is 22.0 Å². The summed E-state index contributed by atoms with van der Waals surface area (Å²) in [4.78, 5) is 46.2. The van der Waals surface area contributed by atoms with Crippen molar-refractivity contribution in [1.29, 1.82) is 0 Å². The van der Waals surface area contributed by atoms with E-state index in [-0.39, 0.29) is 24.0 Å². The van der Waals surface area contributed by atoms with Crippen LogP contribution in [0.1, 0.15) is 49.7 Å². The van der Waals surface area contributed by atoms with Gasteiger partial charge in [0.05, 0.1) is 22.2 Å². The maximum atomic E-state index is 12.3. The molecule has 0 atom stereocenters. The Morgan fingerprint density at radius 2 is 1.14 bits per heavy atom. The van der Waals surface area contributed by atoms with Gasteiger partial charge in [0.25, 0.3) is 0 Å². The zero-order valence-electron chi connectivity index (χ0n) is 20.3. The van der Waals surface area contributed by atoms with Crippen LogP contribution in [-0.4, -0.2) is 38.0 Å². The summed E-state index contributed by atoms with van der Waals surface area (Å²) in [7, 11) is 0. The first-order chi connectivity index (χ1) is 17.8. The van der Waals surface area contributed by atoms with Crippen LogP contribution in [-0.2, 0) is 11.3 Å². The summed E-state index contributed by atoms with van der Waals surface area (Å²) in [6, 6.07) is 23.7. The summed E-state index contributed by atoms with van der Waals surface area (Å²) in [6.07, 6.45) is 2.90. The molecule has 3 aromatic carbocycles. The molecular weight excluding hydrogens is 472 g/mol. The maximum absolute atomic E-state index is 12.3. The molecular formula is C29H24N2O6. The number of carbonyl (C=O) groups excluding carboxylic acids is 3. The quantitative estimate of drug-likeness (QED) is 0.322. The third-order valence-electron chi connectivity index (χ3n) is 5.77. The predicted octanol–water partition coefficient (Wildman–Crippen LogP) is 5.66. The van der Waals surface area contributed by atoms with Gasteiger partial charge in [0.15, 0.2) is 0 Å². The van der Waals surface area contributed by atoms with E-state index in [4.69, 9.17) is 9.84 Å². The molecule has 5 aromatic rings. The van der Waals surface area contributed by atoms with E-state index in [9.17, 15) is 19.2 Å². The summed E-state index contributed by atoms with van der Waals surface area (Å²) in [6.45, 7) is 3.07. The number of carbonyl (C=O) groups is 4. The van der Waals surface area contributed by atoms with Crippen molar-refractivity contribution in [2.75, 3.05) is 0 Å². The number of para-hydroxylation sites is 2. The molecule has 8 nitrogen and oxygen atoms in total. The molecule has 2 heterocycles. The number of fused-ring (bicyclic) bond motifs is 2. The van der Waals surface area contributed by atoms with E-state index in [0.717, 1.165) is 10.9 Å². The normalized spacial score (nSPS) is 10.5. The standard InChI is InChI=1S/C18H15NO3.C11H9NO3/c1-13(20)19-11-16(15-9-5-6-10-17(15)19)18(21)22-12-14-7-3-2-4-8-14;1-7(13)12-6-9(11(14)15)8-4-2-3-5-10(8)12/h2-11H,12H2,1H3;2-6H,1H3,(H,14,15). The lowest BCUT2D eigenvalue weighted by molar-refractivity contribution is 0.0474. The minimum Gasteiger partial charge on any atom is -0.478 e. The van der Waals surface area contributed by atoms with Crippen LogP contribution in [0, 0.1) is 0 Å². The van der Waals surface area contributed by atoms with Crippen LogP contribution in [0.2, 0.25) is 0 Å². The van der Waals surface area contributed by atoms with Gasteiger partial charge in [-0.2, -0.15) is 0 Å². The van der Waals surface area contributed by atoms with E-state index in [1.54, 1.807) is 30.5 Å². The Labute approximate surface area is 212 Å². The van der Waals surface area contributed by atoms with Crippen LogP contribution in [0.3, 0.4) is 0 Å². The van der Waals surface area contributed by atoms with E-state index in [2.05, 4.69) is 0 Å². The number of nitrogens with zero attached hydrogens (tertiary/aromatic N) is 2. The highest BCUT2D eigenvalue weighted by atomic mass is 16.5. The Hall–Kier alpha value is -4.98. The van der Waals surface area contributed by atoms with Gasteiger partial charge in [-0.15, -0.1) is 0 Å². The SMILES string of the molecule is CC(=O)n1cc(C(=O)O)c2ccccc21.CC(=O)n1cc(C(=O)OCc2ccccc2)c2ccccc21. The van der Waals surface area contributed by atoms with Crippen molar-refractivity contribution in [3.63, 3.8) is 0 Å². The fraction of sp³-hybridized carbons (Fsp3) is 0.103. The number of carboxylic acids is 1. The first-order valence-corrected chi connectivity index (χ1v) is 11.4. The van der Waals surface area contributed by atoms with E-state index >= 15 is 0 Å². The minimum atomic E-state index is -1.02. The topological polar surface area (TPSA) is 108 Å². The van der Waals surface area contributed by atoms with Gasteiger partial charge in [-0.25, -0.2) is 9.59 Å². The number of benzene rings is 3. The molecule has 0 saturated heterocycles. The Morgan fingerprint density at radius 3 is 1.65 bits per heavy atom. The van der Waals surface area contributed by atoms with Crippen molar-refractivity contribution in [2.24, 2.45) is 0 Å². The number of carboxylic acid groups (broad SMARTS) is 1. The molecule has 2 aromatic heterocycles. The van der Waals surface area contributed by atoms with E-state index in [1.807, 2.05) is 54.6 Å². The number of aromatic carboxylic acids is 1. The lowest BCUT2D eigenvalue weighted by atomic mass is 10.2. The summed E-state index contributed by atoms with van der Waals surface area (Å²) >= 11 is 0. The predicted molar refractivity (Wildman–Crippen MR) is 139 cm³/mol. The van der Waals surface area contributed by atoms with Crippen molar-refractivity contribution >= 4 is 45.6 Å². The first-order valence-electron chi connectivity index (χ1n) is 11.4.